The van der Waals surface area contributed by atoms with Gasteiger partial charge < -0.3 is 17.3 Å². The van der Waals surface area contributed by atoms with Crippen LogP contribution in [0.2, 0.25) is 0 Å². The summed E-state index contributed by atoms with van der Waals surface area (Å²) in [6.45, 7) is 11.5. The molecule has 24 heavy (non-hydrogen) atoms. The van der Waals surface area contributed by atoms with Crippen molar-refractivity contribution in [2.45, 2.75) is 91.5 Å². The van der Waals surface area contributed by atoms with E-state index in [9.17, 15) is 0 Å². The van der Waals surface area contributed by atoms with Gasteiger partial charge in [-0.25, -0.2) is 4.57 Å². The largest absolute Gasteiger partial charge is 1.00 e. The molecule has 0 radical (unpaired) electrons. The van der Waals surface area contributed by atoms with Crippen LogP contribution in [0.1, 0.15) is 91.5 Å². The highest BCUT2D eigenvalue weighted by Crippen LogP contribution is 2.17. The van der Waals surface area contributed by atoms with Crippen molar-refractivity contribution in [2.75, 3.05) is 18.0 Å². The van der Waals surface area contributed by atoms with Crippen molar-refractivity contribution < 1.29 is 17.0 Å². The van der Waals surface area contributed by atoms with Gasteiger partial charge in [0.2, 0.25) is 0 Å². The Morgan fingerprint density at radius 1 is 0.833 bits per heavy atom. The van der Waals surface area contributed by atoms with E-state index in [2.05, 4.69) is 61.7 Å². The number of anilines is 1. The highest BCUT2D eigenvalue weighted by Gasteiger charge is 2.16. The molecule has 2 nitrogen and oxygen atoms in total. The van der Waals surface area contributed by atoms with E-state index < -0.39 is 0 Å². The van der Waals surface area contributed by atoms with Crippen LogP contribution in [0.4, 0.5) is 5.69 Å². The molecule has 0 saturated carbocycles. The normalized spacial score (nSPS) is 11.8. The summed E-state index contributed by atoms with van der Waals surface area (Å²) >= 11 is 0. The molecule has 0 N–H and O–H groups in total. The number of unbranched alkanes of at least 4 members (excludes halogenated alkanes) is 4. The van der Waals surface area contributed by atoms with E-state index in [1.54, 1.807) is 0 Å². The maximum atomic E-state index is 2.56. The highest BCUT2D eigenvalue weighted by molar-refractivity contribution is 5.43. The predicted molar refractivity (Wildman–Crippen MR) is 102 cm³/mol. The SMILES string of the molecule is CCCCCC(CC)[n+]1ccc(N(CCCC)CCCC)cc1.[Cl-]. The third kappa shape index (κ3) is 8.37. The van der Waals surface area contributed by atoms with Gasteiger partial charge in [-0.15, -0.1) is 0 Å². The van der Waals surface area contributed by atoms with E-state index in [4.69, 9.17) is 0 Å². The maximum absolute atomic E-state index is 2.56. The van der Waals surface area contributed by atoms with Crippen LogP contribution < -0.4 is 21.9 Å². The second kappa shape index (κ2) is 14.6. The Morgan fingerprint density at radius 2 is 1.38 bits per heavy atom. The van der Waals surface area contributed by atoms with Gasteiger partial charge in [0.1, 0.15) is 0 Å². The first-order valence-corrected chi connectivity index (χ1v) is 10.0. The summed E-state index contributed by atoms with van der Waals surface area (Å²) in [4.78, 5) is 2.56. The molecule has 0 aromatic carbocycles. The fraction of sp³-hybridized carbons (Fsp3) is 0.762. The van der Waals surface area contributed by atoms with Crippen molar-refractivity contribution in [1.29, 1.82) is 0 Å². The number of rotatable bonds is 13. The molecule has 140 valence electrons. The van der Waals surface area contributed by atoms with Crippen LogP contribution in [-0.4, -0.2) is 13.1 Å². The van der Waals surface area contributed by atoms with Crippen LogP contribution in [-0.2, 0) is 0 Å². The van der Waals surface area contributed by atoms with Gasteiger partial charge >= 0.3 is 0 Å². The summed E-state index contributed by atoms with van der Waals surface area (Å²) < 4.78 is 2.43. The molecular formula is C21H39ClN2. The van der Waals surface area contributed by atoms with Crippen LogP contribution in [0.3, 0.4) is 0 Å². The van der Waals surface area contributed by atoms with E-state index in [0.29, 0.717) is 6.04 Å². The van der Waals surface area contributed by atoms with Crippen LogP contribution >= 0.6 is 0 Å². The highest BCUT2D eigenvalue weighted by atomic mass is 35.5. The molecule has 0 fully saturated rings. The van der Waals surface area contributed by atoms with Crippen molar-refractivity contribution in [3.05, 3.63) is 24.5 Å². The maximum Gasteiger partial charge on any atom is 0.171 e. The molecule has 0 amide bonds. The molecule has 1 rings (SSSR count). The quantitative estimate of drug-likeness (QED) is 0.390. The molecule has 3 heteroatoms. The van der Waals surface area contributed by atoms with Crippen molar-refractivity contribution in [3.8, 4) is 0 Å². The van der Waals surface area contributed by atoms with E-state index in [1.807, 2.05) is 0 Å². The minimum Gasteiger partial charge on any atom is -1.00 e. The van der Waals surface area contributed by atoms with Gasteiger partial charge in [-0.1, -0.05) is 53.4 Å². The Labute approximate surface area is 157 Å². The third-order valence-corrected chi connectivity index (χ3v) is 4.80. The summed E-state index contributed by atoms with van der Waals surface area (Å²) in [6.07, 6.45) is 16.3. The van der Waals surface area contributed by atoms with E-state index in [-0.39, 0.29) is 12.4 Å². The Kier molecular flexibility index (Phi) is 14.1. The number of hydrogen-bond acceptors (Lipinski definition) is 1. The fourth-order valence-electron chi connectivity index (χ4n) is 3.15. The summed E-state index contributed by atoms with van der Waals surface area (Å²) in [5.41, 5.74) is 1.39. The number of nitrogens with zero attached hydrogens (tertiary/aromatic N) is 2. The lowest BCUT2D eigenvalue weighted by Crippen LogP contribution is -3.00. The van der Waals surface area contributed by atoms with Crippen molar-refractivity contribution in [2.24, 2.45) is 0 Å². The Morgan fingerprint density at radius 3 is 1.83 bits per heavy atom. The molecule has 0 spiro atoms. The standard InChI is InChI=1S/C21H39N2.ClH/c1-5-9-12-13-20(8-4)23-18-14-21(15-19-23)22(16-10-6-2)17-11-7-3;/h14-15,18-20H,5-13,16-17H2,1-4H3;1H/q+1;/p-1. The molecule has 0 aliphatic heterocycles. The number of pyridine rings is 1. The van der Waals surface area contributed by atoms with Crippen LogP contribution in [0.5, 0.6) is 0 Å². The van der Waals surface area contributed by atoms with Crippen LogP contribution in [0.25, 0.3) is 0 Å². The summed E-state index contributed by atoms with van der Waals surface area (Å²) in [6, 6.07) is 5.32. The lowest BCUT2D eigenvalue weighted by atomic mass is 10.1. The summed E-state index contributed by atoms with van der Waals surface area (Å²) in [5.74, 6) is 0. The van der Waals surface area contributed by atoms with E-state index >= 15 is 0 Å². The average molecular weight is 355 g/mol. The summed E-state index contributed by atoms with van der Waals surface area (Å²) in [7, 11) is 0. The number of aromatic nitrogens is 1. The fourth-order valence-corrected chi connectivity index (χ4v) is 3.15. The molecule has 1 heterocycles. The summed E-state index contributed by atoms with van der Waals surface area (Å²) in [5, 5.41) is 0. The van der Waals surface area contributed by atoms with Gasteiger partial charge in [0.05, 0.1) is 0 Å². The third-order valence-electron chi connectivity index (χ3n) is 4.80. The van der Waals surface area contributed by atoms with Crippen molar-refractivity contribution >= 4 is 5.69 Å². The molecule has 1 atom stereocenters. The molecule has 1 aromatic rings. The average Bonchev–Trinajstić information content (AvgIpc) is 2.59. The van der Waals surface area contributed by atoms with Gasteiger partial charge in [-0.2, -0.15) is 0 Å². The monoisotopic (exact) mass is 354 g/mol. The second-order valence-corrected chi connectivity index (χ2v) is 6.76. The van der Waals surface area contributed by atoms with Gasteiger partial charge in [0, 0.05) is 43.8 Å². The van der Waals surface area contributed by atoms with Gasteiger partial charge in [-0.05, 0) is 19.3 Å². The Bertz CT molecular complexity index is 383. The Balaban J connectivity index is 0.00000529. The minimum atomic E-state index is 0. The zero-order valence-electron chi connectivity index (χ0n) is 16.4. The first-order valence-electron chi connectivity index (χ1n) is 10.0. The van der Waals surface area contributed by atoms with Crippen molar-refractivity contribution in [3.63, 3.8) is 0 Å². The molecule has 0 aliphatic carbocycles. The second-order valence-electron chi connectivity index (χ2n) is 6.76. The van der Waals surface area contributed by atoms with Crippen LogP contribution in [0, 0.1) is 0 Å². The van der Waals surface area contributed by atoms with Gasteiger partial charge in [0.15, 0.2) is 18.4 Å². The Hall–Kier alpha value is -0.760. The van der Waals surface area contributed by atoms with Gasteiger partial charge in [-0.3, -0.25) is 0 Å². The zero-order valence-corrected chi connectivity index (χ0v) is 17.2. The molecule has 0 saturated heterocycles. The minimum absolute atomic E-state index is 0. The van der Waals surface area contributed by atoms with E-state index in [0.717, 1.165) is 0 Å². The topological polar surface area (TPSA) is 7.12 Å². The molecule has 1 aromatic heterocycles. The molecule has 0 bridgehead atoms. The first-order chi connectivity index (χ1) is 11.3. The lowest BCUT2D eigenvalue weighted by Gasteiger charge is -2.24. The lowest BCUT2D eigenvalue weighted by molar-refractivity contribution is -0.724. The zero-order chi connectivity index (χ0) is 16.9. The molecule has 0 aliphatic rings. The van der Waals surface area contributed by atoms with Crippen LogP contribution in [0.15, 0.2) is 24.5 Å². The molecular weight excluding hydrogens is 316 g/mol. The van der Waals surface area contributed by atoms with Gasteiger partial charge in [0.25, 0.3) is 0 Å². The smallest absolute Gasteiger partial charge is 0.171 e. The molecule has 1 unspecified atom stereocenters. The van der Waals surface area contributed by atoms with Crippen molar-refractivity contribution in [1.82, 2.24) is 0 Å². The first kappa shape index (κ1) is 23.2. The number of hydrogen-bond donors (Lipinski definition) is 0. The number of halogens is 1. The van der Waals surface area contributed by atoms with E-state index in [1.165, 1.54) is 76.6 Å². The predicted octanol–water partition coefficient (Wildman–Crippen LogP) is 2.92.